The summed E-state index contributed by atoms with van der Waals surface area (Å²) in [6.45, 7) is 6.19. The number of unbranched alkanes of at least 4 members (excludes halogenated alkanes) is 2. The first-order valence-corrected chi connectivity index (χ1v) is 8.60. The van der Waals surface area contributed by atoms with Gasteiger partial charge in [0.2, 0.25) is 0 Å². The Labute approximate surface area is 117 Å². The van der Waals surface area contributed by atoms with Crippen LogP contribution in [0.1, 0.15) is 39.5 Å². The Hall–Kier alpha value is -0.170. The quantitative estimate of drug-likeness (QED) is 0.720. The van der Waals surface area contributed by atoms with Gasteiger partial charge in [-0.25, -0.2) is 0 Å². The first-order chi connectivity index (χ1) is 8.87. The number of hydrogen-bond acceptors (Lipinski definition) is 3. The van der Waals surface area contributed by atoms with E-state index in [0.29, 0.717) is 31.5 Å². The Morgan fingerprint density at radius 2 is 1.74 bits per heavy atom. The Bertz CT molecular complexity index is 349. The van der Waals surface area contributed by atoms with E-state index in [0.717, 1.165) is 25.7 Å². The molecule has 1 aliphatic heterocycles. The van der Waals surface area contributed by atoms with E-state index in [1.165, 1.54) is 4.31 Å². The summed E-state index contributed by atoms with van der Waals surface area (Å²) in [5, 5.41) is 8.71. The number of piperidine rings is 1. The van der Waals surface area contributed by atoms with Crippen LogP contribution in [0.5, 0.6) is 0 Å². The van der Waals surface area contributed by atoms with Crippen molar-refractivity contribution in [2.24, 2.45) is 11.8 Å². The molecule has 2 unspecified atom stereocenters. The molecule has 19 heavy (non-hydrogen) atoms. The molecular formula is C13H28N2O3S. The monoisotopic (exact) mass is 292 g/mol. The van der Waals surface area contributed by atoms with Gasteiger partial charge in [0, 0.05) is 33.3 Å². The van der Waals surface area contributed by atoms with Gasteiger partial charge in [0.25, 0.3) is 10.2 Å². The lowest BCUT2D eigenvalue weighted by Crippen LogP contribution is -2.48. The van der Waals surface area contributed by atoms with Crippen LogP contribution in [0.2, 0.25) is 0 Å². The second-order valence-electron chi connectivity index (χ2n) is 5.88. The summed E-state index contributed by atoms with van der Waals surface area (Å²) in [5.74, 6) is 0.864. The van der Waals surface area contributed by atoms with E-state index in [4.69, 9.17) is 5.11 Å². The number of aliphatic hydroxyl groups is 1. The molecule has 1 heterocycles. The fourth-order valence-electron chi connectivity index (χ4n) is 2.73. The Balaban J connectivity index is 2.53. The highest BCUT2D eigenvalue weighted by Gasteiger charge is 2.32. The van der Waals surface area contributed by atoms with Gasteiger partial charge in [0.05, 0.1) is 0 Å². The van der Waals surface area contributed by atoms with Gasteiger partial charge in [-0.3, -0.25) is 0 Å². The zero-order valence-electron chi connectivity index (χ0n) is 12.4. The summed E-state index contributed by atoms with van der Waals surface area (Å²) in [4.78, 5) is 0. The predicted octanol–water partition coefficient (Wildman–Crippen LogP) is 1.30. The molecule has 5 nitrogen and oxygen atoms in total. The van der Waals surface area contributed by atoms with Crippen molar-refractivity contribution in [3.05, 3.63) is 0 Å². The predicted molar refractivity (Wildman–Crippen MR) is 77.0 cm³/mol. The standard InChI is InChI=1S/C13H28N2O3S/c1-12-9-13(2)11-15(10-12)19(17,18)14(3)7-5-4-6-8-16/h12-13,16H,4-11H2,1-3H3. The molecule has 1 saturated heterocycles. The summed E-state index contributed by atoms with van der Waals surface area (Å²) in [7, 11) is -1.66. The van der Waals surface area contributed by atoms with E-state index in [1.54, 1.807) is 11.4 Å². The third-order valence-corrected chi connectivity index (χ3v) is 5.61. The van der Waals surface area contributed by atoms with Crippen LogP contribution in [0.4, 0.5) is 0 Å². The van der Waals surface area contributed by atoms with Crippen LogP contribution in [-0.2, 0) is 10.2 Å². The molecule has 0 saturated carbocycles. The minimum Gasteiger partial charge on any atom is -0.396 e. The molecule has 0 aromatic rings. The number of hydrogen-bond donors (Lipinski definition) is 1. The zero-order valence-corrected chi connectivity index (χ0v) is 13.2. The second kappa shape index (κ2) is 7.57. The van der Waals surface area contributed by atoms with Gasteiger partial charge in [-0.05, 0) is 37.5 Å². The van der Waals surface area contributed by atoms with Crippen LogP contribution in [0.3, 0.4) is 0 Å². The lowest BCUT2D eigenvalue weighted by molar-refractivity contribution is 0.211. The van der Waals surface area contributed by atoms with Crippen molar-refractivity contribution < 1.29 is 13.5 Å². The van der Waals surface area contributed by atoms with Crippen molar-refractivity contribution in [3.8, 4) is 0 Å². The molecule has 1 rings (SSSR count). The normalized spacial score (nSPS) is 25.9. The van der Waals surface area contributed by atoms with Crippen molar-refractivity contribution in [1.29, 1.82) is 0 Å². The molecule has 1 aliphatic rings. The van der Waals surface area contributed by atoms with Gasteiger partial charge in [0.15, 0.2) is 0 Å². The van der Waals surface area contributed by atoms with Gasteiger partial charge in [-0.15, -0.1) is 0 Å². The summed E-state index contributed by atoms with van der Waals surface area (Å²) in [6, 6.07) is 0. The summed E-state index contributed by atoms with van der Waals surface area (Å²) < 4.78 is 28.0. The second-order valence-corrected chi connectivity index (χ2v) is 7.91. The van der Waals surface area contributed by atoms with Crippen LogP contribution in [-0.4, -0.2) is 55.4 Å². The van der Waals surface area contributed by atoms with Crippen LogP contribution < -0.4 is 0 Å². The van der Waals surface area contributed by atoms with E-state index in [-0.39, 0.29) is 6.61 Å². The zero-order chi connectivity index (χ0) is 14.5. The molecule has 0 aromatic carbocycles. The van der Waals surface area contributed by atoms with E-state index in [2.05, 4.69) is 13.8 Å². The molecule has 0 aromatic heterocycles. The van der Waals surface area contributed by atoms with Crippen molar-refractivity contribution in [2.45, 2.75) is 39.5 Å². The number of nitrogens with zero attached hydrogens (tertiary/aromatic N) is 2. The van der Waals surface area contributed by atoms with Crippen molar-refractivity contribution >= 4 is 10.2 Å². The lowest BCUT2D eigenvalue weighted by Gasteiger charge is -2.36. The molecule has 2 atom stereocenters. The van der Waals surface area contributed by atoms with E-state index in [9.17, 15) is 8.42 Å². The highest BCUT2D eigenvalue weighted by molar-refractivity contribution is 7.86. The molecule has 1 fully saturated rings. The average molecular weight is 292 g/mol. The number of aliphatic hydroxyl groups excluding tert-OH is 1. The van der Waals surface area contributed by atoms with E-state index < -0.39 is 10.2 Å². The van der Waals surface area contributed by atoms with Crippen molar-refractivity contribution in [3.63, 3.8) is 0 Å². The van der Waals surface area contributed by atoms with Gasteiger partial charge in [0.1, 0.15) is 0 Å². The summed E-state index contributed by atoms with van der Waals surface area (Å²) in [5.41, 5.74) is 0. The fraction of sp³-hybridized carbons (Fsp3) is 1.00. The van der Waals surface area contributed by atoms with Crippen LogP contribution in [0.25, 0.3) is 0 Å². The Kier molecular flexibility index (Phi) is 6.73. The van der Waals surface area contributed by atoms with Gasteiger partial charge in [-0.1, -0.05) is 13.8 Å². The maximum absolute atomic E-state index is 12.4. The van der Waals surface area contributed by atoms with Gasteiger partial charge >= 0.3 is 0 Å². The topological polar surface area (TPSA) is 60.9 Å². The average Bonchev–Trinajstić information content (AvgIpc) is 2.33. The van der Waals surface area contributed by atoms with E-state index >= 15 is 0 Å². The van der Waals surface area contributed by atoms with Crippen molar-refractivity contribution in [1.82, 2.24) is 8.61 Å². The van der Waals surface area contributed by atoms with Gasteiger partial charge < -0.3 is 5.11 Å². The van der Waals surface area contributed by atoms with Crippen LogP contribution in [0, 0.1) is 11.8 Å². The molecule has 0 spiro atoms. The first-order valence-electron chi connectivity index (χ1n) is 7.20. The molecule has 0 aliphatic carbocycles. The first kappa shape index (κ1) is 16.9. The van der Waals surface area contributed by atoms with E-state index in [1.807, 2.05) is 0 Å². The maximum atomic E-state index is 12.4. The summed E-state index contributed by atoms with van der Waals surface area (Å²) >= 11 is 0. The molecule has 0 bridgehead atoms. The fourth-order valence-corrected chi connectivity index (χ4v) is 4.37. The summed E-state index contributed by atoms with van der Waals surface area (Å²) in [6.07, 6.45) is 3.51. The highest BCUT2D eigenvalue weighted by atomic mass is 32.2. The Morgan fingerprint density at radius 1 is 1.16 bits per heavy atom. The van der Waals surface area contributed by atoms with Crippen LogP contribution >= 0.6 is 0 Å². The molecule has 6 heteroatoms. The molecule has 0 radical (unpaired) electrons. The van der Waals surface area contributed by atoms with Crippen LogP contribution in [0.15, 0.2) is 0 Å². The number of rotatable bonds is 7. The minimum atomic E-state index is -3.31. The Morgan fingerprint density at radius 3 is 2.26 bits per heavy atom. The third kappa shape index (κ3) is 5.02. The molecule has 0 amide bonds. The molecular weight excluding hydrogens is 264 g/mol. The molecule has 114 valence electrons. The molecule has 1 N–H and O–H groups in total. The maximum Gasteiger partial charge on any atom is 0.281 e. The highest BCUT2D eigenvalue weighted by Crippen LogP contribution is 2.24. The minimum absolute atomic E-state index is 0.178. The lowest BCUT2D eigenvalue weighted by atomic mass is 9.94. The third-order valence-electron chi connectivity index (χ3n) is 3.69. The largest absolute Gasteiger partial charge is 0.396 e. The van der Waals surface area contributed by atoms with Crippen molar-refractivity contribution in [2.75, 3.05) is 33.3 Å². The SMILES string of the molecule is CC1CC(C)CN(S(=O)(=O)N(C)CCCCCO)C1. The van der Waals surface area contributed by atoms with Gasteiger partial charge in [-0.2, -0.15) is 17.0 Å². The smallest absolute Gasteiger partial charge is 0.281 e.